The van der Waals surface area contributed by atoms with Crippen LogP contribution in [0.5, 0.6) is 46.0 Å². The van der Waals surface area contributed by atoms with E-state index in [0.29, 0.717) is 0 Å². The van der Waals surface area contributed by atoms with E-state index >= 15 is 0 Å². The Morgan fingerprint density at radius 1 is 0.383 bits per heavy atom. The number of methoxy groups -OCH3 is 8. The van der Waals surface area contributed by atoms with Crippen LogP contribution in [0.4, 0.5) is 0 Å². The first kappa shape index (κ1) is 42.2. The molecule has 4 saturated heterocycles. The van der Waals surface area contributed by atoms with Gasteiger partial charge in [0.05, 0.1) is 81.4 Å². The van der Waals surface area contributed by atoms with Crippen molar-refractivity contribution < 1.29 is 161 Å². The minimum absolute atomic E-state index is 0.00981. The summed E-state index contributed by atoms with van der Waals surface area (Å²) >= 11 is 0. The Labute approximate surface area is 805 Å². The molecular weight excluding hydrogens is 1520 g/mol. The SMILES string of the molecule is [2H]C([2H])([2H])Oc1cc2c(cc1OC)C1([2H])CC([2H])(OC(=O)[C@@]([2H])(N)C([2H])(C([2H])([2H])[2H])C([2H])([2H])[2H])C(CC(C)C)CN1C([2H])([2H])C2([2H])[2H].[2H]c1c(OC)c(OC([2H])([2H])[2H])c([2H])c2c1C1CC(OC(=O)[C@@]([2H])(N)C([2H])(C([2H])([2H])[2H])C([2H])([2H])[2H])C(CC(C)C)CN1C([2H])([2H])C2([2H])[2H].[2H]c1c(OC)c(OC)c([2H])c2c1C1CC(OC(=O)[C@@]([2H])(N)C([2H])(C([2H])([2H])[2H])C([2H])([2H])[2H])C(CC(C)C)CN1C([2H])([2H])C2([2H])[2H].[2H]c1c(OC)c(OC)c([2H])c2c1C1CC(OC(=O)[C@@]([2H])(N)C([2H])(C([2H])([2H])[2H])C([2H])([2H])[2H])C(CC(C)C)CN1C([2H])([2H])C2([2H])[2H]. The van der Waals surface area contributed by atoms with Gasteiger partial charge in [-0.2, -0.15) is 0 Å². The molecule has 12 unspecified atom stereocenters. The van der Waals surface area contributed by atoms with E-state index < -0.39 is 347 Å². The third-order valence-corrected chi connectivity index (χ3v) is 21.0. The molecule has 4 aromatic rings. The molecule has 0 aliphatic carbocycles. The van der Waals surface area contributed by atoms with E-state index in [2.05, 4.69) is 0 Å². The van der Waals surface area contributed by atoms with Gasteiger partial charge in [0.2, 0.25) is 0 Å². The highest BCUT2D eigenvalue weighted by atomic mass is 16.6. The van der Waals surface area contributed by atoms with Gasteiger partial charge in [-0.05, 0) is 191 Å². The zero-order chi connectivity index (χ0) is 142. The number of nitrogens with two attached hydrogens (primary N) is 4. The first-order valence-electron chi connectivity index (χ1n) is 69.6. The molecule has 24 nitrogen and oxygen atoms in total. The summed E-state index contributed by atoms with van der Waals surface area (Å²) in [5.41, 5.74) is 20.0. The van der Waals surface area contributed by atoms with Gasteiger partial charge in [0.15, 0.2) is 46.0 Å². The van der Waals surface area contributed by atoms with E-state index in [0.717, 1.165) is 36.2 Å². The molecule has 4 aromatic carbocycles. The molecule has 672 valence electrons. The summed E-state index contributed by atoms with van der Waals surface area (Å²) < 4.78 is 572. The molecule has 0 radical (unpaired) electrons. The highest BCUT2D eigenvalue weighted by Gasteiger charge is 2.47. The van der Waals surface area contributed by atoms with Crippen LogP contribution in [0.15, 0.2) is 48.4 Å². The van der Waals surface area contributed by atoms with Crippen LogP contribution < -0.4 is 60.8 Å². The third kappa shape index (κ3) is 23.8. The minimum Gasteiger partial charge on any atom is -0.493 e. The van der Waals surface area contributed by atoms with Gasteiger partial charge in [-0.25, -0.2) is 0 Å². The van der Waals surface area contributed by atoms with Gasteiger partial charge in [-0.15, -0.1) is 0 Å². The van der Waals surface area contributed by atoms with Crippen molar-refractivity contribution in [3.8, 4) is 46.0 Å². The fraction of sp³-hybridized carbons (Fsp3) is 0.708. The molecule has 4 fully saturated rings. The molecular formula is C96H152N8O16. The van der Waals surface area contributed by atoms with Crippen LogP contribution in [0.25, 0.3) is 0 Å². The summed E-state index contributed by atoms with van der Waals surface area (Å²) in [6.45, 7) is -28.6. The number of hydrogen-bond donors (Lipinski definition) is 4. The lowest BCUT2D eigenvalue weighted by atomic mass is 9.79. The number of carbonyl (C=O) groups excluding carboxylic acids is 4. The summed E-state index contributed by atoms with van der Waals surface area (Å²) in [6.07, 6.45) is -19.4. The van der Waals surface area contributed by atoms with Crippen LogP contribution in [0.2, 0.25) is 0 Å². The van der Waals surface area contributed by atoms with Gasteiger partial charge in [0.25, 0.3) is 0 Å². The van der Waals surface area contributed by atoms with Crippen LogP contribution in [0, 0.1) is 70.9 Å². The van der Waals surface area contributed by atoms with Crippen molar-refractivity contribution >= 4 is 23.9 Å². The monoisotopic (exact) mass is 1740 g/mol. The fourth-order valence-corrected chi connectivity index (χ4v) is 15.4. The largest absolute Gasteiger partial charge is 0.493 e. The quantitative estimate of drug-likeness (QED) is 0.0303. The van der Waals surface area contributed by atoms with E-state index in [4.69, 9.17) is 162 Å². The fourth-order valence-electron chi connectivity index (χ4n) is 15.4. The smallest absolute Gasteiger partial charge is 0.323 e. The van der Waals surface area contributed by atoms with Crippen molar-refractivity contribution in [2.24, 2.45) is 93.9 Å². The van der Waals surface area contributed by atoms with Crippen LogP contribution in [-0.2, 0) is 63.6 Å². The first-order valence-corrected chi connectivity index (χ1v) is 38.6. The normalized spacial score (nSPS) is 39.5. The van der Waals surface area contributed by atoms with Crippen molar-refractivity contribution in [1.29, 1.82) is 0 Å². The Morgan fingerprint density at radius 3 is 0.992 bits per heavy atom. The number of rotatable bonds is 28. The third-order valence-electron chi connectivity index (χ3n) is 21.0. The predicted molar refractivity (Wildman–Crippen MR) is 471 cm³/mol. The Kier molecular flexibility index (Phi) is 15.5. The molecule has 0 bridgehead atoms. The summed E-state index contributed by atoms with van der Waals surface area (Å²) in [4.78, 5) is 58.2. The van der Waals surface area contributed by atoms with Gasteiger partial charge in [0, 0.05) is 186 Å². The number of carbonyl (C=O) groups is 4. The van der Waals surface area contributed by atoms with Gasteiger partial charge in [-0.1, -0.05) is 110 Å². The maximum Gasteiger partial charge on any atom is 0.323 e. The average Bonchev–Trinajstić information content (AvgIpc) is 0.661. The minimum atomic E-state index is -3.94. The number of ether oxygens (including phenoxy) is 12. The second-order valence-electron chi connectivity index (χ2n) is 31.1. The first-order chi connectivity index (χ1) is 81.1. The maximum atomic E-state index is 13.6. The maximum absolute atomic E-state index is 13.6. The van der Waals surface area contributed by atoms with E-state index in [1.54, 1.807) is 27.7 Å². The topological polar surface area (TPSA) is 296 Å². The molecule has 8 aliphatic rings. The van der Waals surface area contributed by atoms with Crippen molar-refractivity contribution in [2.45, 2.75) is 260 Å². The Balaban J connectivity index is 0.000000265. The average molecular weight is 1740 g/mol. The summed E-state index contributed by atoms with van der Waals surface area (Å²) in [6, 6.07) is -22.4. The molecule has 8 aliphatic heterocycles. The van der Waals surface area contributed by atoms with Crippen LogP contribution in [0.1, 0.15) is 315 Å². The predicted octanol–water partition coefficient (Wildman–Crippen LogP) is 14.3. The van der Waals surface area contributed by atoms with Crippen molar-refractivity contribution in [2.75, 3.05) is 109 Å². The lowest BCUT2D eigenvalue weighted by Crippen LogP contribution is -2.51. The number of nitrogens with zero attached hydrogens (tertiary/aromatic N) is 4. The summed E-state index contributed by atoms with van der Waals surface area (Å²) in [5, 5.41) is 0. The highest BCUT2D eigenvalue weighted by molar-refractivity contribution is 5.77. The number of hydrogen-bond acceptors (Lipinski definition) is 24. The van der Waals surface area contributed by atoms with Gasteiger partial charge in [0.1, 0.15) is 48.5 Å². The molecule has 120 heavy (non-hydrogen) atoms. The molecule has 0 amide bonds. The standard InChI is InChI=1S/4C24H38N2O4/c4*1-14(2)9-17-13-26-8-7-16-10-21(28-5)22(29-6)11-18(16)19(26)12-20(17)30-24(27)23(25)15(3)4/h4*10-11,14-15,17,19-20,23H,7-9,12-13,25H2,1-6H3/t4*17?,19?,20?,23-/m0000/s1/i3D3,4D3,5D3,7D2,8D2,15D,19D,20D,23D;3D3,4D3,5D3,7D2,8D2,10D,11D,15D,23D;2*3D3,4D3,7D2,8D2,10D,11D,15D,23D. The van der Waals surface area contributed by atoms with E-state index in [1.165, 1.54) is 38.2 Å². The van der Waals surface area contributed by atoms with Gasteiger partial charge < -0.3 is 79.8 Å². The Morgan fingerprint density at radius 2 is 0.667 bits per heavy atom. The molecule has 24 heteroatoms. The van der Waals surface area contributed by atoms with Crippen molar-refractivity contribution in [3.63, 3.8) is 0 Å². The summed E-state index contributed by atoms with van der Waals surface area (Å²) in [5.74, 6) is -30.1. The molecule has 0 aromatic heterocycles. The van der Waals surface area contributed by atoms with Crippen molar-refractivity contribution in [3.05, 3.63) is 92.9 Å². The zero-order valence-electron chi connectivity index (χ0n) is 131. The Bertz CT molecular complexity index is 6660. The number of fused-ring (bicyclic) bond motifs is 12. The van der Waals surface area contributed by atoms with E-state index in [9.17, 15) is 21.9 Å². The molecule has 8 N–H and O–H groups in total. The number of benzene rings is 4. The molecule has 16 atom stereocenters. The second-order valence-corrected chi connectivity index (χ2v) is 31.1. The van der Waals surface area contributed by atoms with Crippen LogP contribution in [0.3, 0.4) is 0 Å². The number of piperidine rings is 4. The van der Waals surface area contributed by atoms with Crippen molar-refractivity contribution in [1.82, 2.24) is 19.6 Å². The zero-order valence-corrected chi connectivity index (χ0v) is 69.4. The van der Waals surface area contributed by atoms with Crippen LogP contribution >= 0.6 is 0 Å². The van der Waals surface area contributed by atoms with E-state index in [1.807, 2.05) is 27.7 Å². The van der Waals surface area contributed by atoms with Gasteiger partial charge in [-0.3, -0.25) is 38.8 Å². The molecule has 0 spiro atoms. The number of esters is 4. The molecule has 0 saturated carbocycles. The van der Waals surface area contributed by atoms with E-state index in [-0.39, 0.29) is 145 Å². The molecule has 12 rings (SSSR count). The molecule has 8 heterocycles. The highest BCUT2D eigenvalue weighted by Crippen LogP contribution is 2.50. The lowest BCUT2D eigenvalue weighted by molar-refractivity contribution is -0.161. The van der Waals surface area contributed by atoms with Crippen LogP contribution in [-0.4, -0.2) is 201 Å². The Hall–Kier alpha value is -7.16. The number of aryl methyl sites for hydroxylation is 1. The lowest BCUT2D eigenvalue weighted by Gasteiger charge is -2.47. The second kappa shape index (κ2) is 43.9. The summed E-state index contributed by atoms with van der Waals surface area (Å²) in [7, 11) is 0.822. The van der Waals surface area contributed by atoms with Gasteiger partial charge >= 0.3 is 23.9 Å².